The van der Waals surface area contributed by atoms with E-state index in [1.807, 2.05) is 0 Å². The molecule has 1 aromatic rings. The van der Waals surface area contributed by atoms with Gasteiger partial charge in [-0.2, -0.15) is 13.1 Å². The van der Waals surface area contributed by atoms with Crippen LogP contribution in [0.15, 0.2) is 4.42 Å². The zero-order valence-corrected chi connectivity index (χ0v) is 12.0. The largest absolute Gasteiger partial charge is 0.406 e. The molecule has 8 nitrogen and oxygen atoms in total. The van der Waals surface area contributed by atoms with Gasteiger partial charge in [-0.25, -0.2) is 4.72 Å². The van der Waals surface area contributed by atoms with Crippen LogP contribution in [0.3, 0.4) is 0 Å². The number of nitrogens with one attached hydrogen (secondary N) is 3. The number of hydrogen-bond donors (Lipinski definition) is 3. The zero-order valence-electron chi connectivity index (χ0n) is 11.2. The first-order chi connectivity index (χ1) is 8.75. The molecule has 1 fully saturated rings. The van der Waals surface area contributed by atoms with Gasteiger partial charge in [-0.15, -0.1) is 5.10 Å². The summed E-state index contributed by atoms with van der Waals surface area (Å²) in [6.07, 6.45) is 1.95. The molecule has 1 saturated heterocycles. The van der Waals surface area contributed by atoms with E-state index in [0.717, 1.165) is 19.4 Å². The fourth-order valence-electron chi connectivity index (χ4n) is 1.86. The van der Waals surface area contributed by atoms with E-state index in [9.17, 15) is 8.42 Å². The fourth-order valence-corrected chi connectivity index (χ4v) is 3.03. The summed E-state index contributed by atoms with van der Waals surface area (Å²) in [7, 11) is -3.72. The SMILES string of the molecule is CC(C)(C)NS(=O)(=O)Nc1nnc(C2CCCN2)o1. The molecule has 0 aliphatic carbocycles. The molecule has 0 radical (unpaired) electrons. The zero-order chi connectivity index (χ0) is 14.1. The van der Waals surface area contributed by atoms with E-state index in [0.29, 0.717) is 5.89 Å². The first-order valence-electron chi connectivity index (χ1n) is 6.14. The Hall–Kier alpha value is -1.19. The van der Waals surface area contributed by atoms with Crippen molar-refractivity contribution in [1.29, 1.82) is 0 Å². The molecule has 2 rings (SSSR count). The van der Waals surface area contributed by atoms with Crippen molar-refractivity contribution < 1.29 is 12.8 Å². The van der Waals surface area contributed by atoms with Gasteiger partial charge in [0.15, 0.2) is 0 Å². The maximum absolute atomic E-state index is 11.8. The predicted octanol–water partition coefficient (Wildman–Crippen LogP) is 0.539. The second kappa shape index (κ2) is 5.06. The van der Waals surface area contributed by atoms with Gasteiger partial charge >= 0.3 is 16.2 Å². The molecule has 19 heavy (non-hydrogen) atoms. The Labute approximate surface area is 112 Å². The third-order valence-electron chi connectivity index (χ3n) is 2.46. The van der Waals surface area contributed by atoms with Crippen LogP contribution in [-0.4, -0.2) is 30.7 Å². The van der Waals surface area contributed by atoms with Crippen molar-refractivity contribution in [2.24, 2.45) is 0 Å². The number of anilines is 1. The summed E-state index contributed by atoms with van der Waals surface area (Å²) in [5.41, 5.74) is -0.582. The van der Waals surface area contributed by atoms with Crippen molar-refractivity contribution in [2.45, 2.75) is 45.2 Å². The molecule has 1 aromatic heterocycles. The Morgan fingerprint density at radius 3 is 2.68 bits per heavy atom. The molecule has 0 aromatic carbocycles. The van der Waals surface area contributed by atoms with E-state index in [1.165, 1.54) is 0 Å². The molecule has 0 amide bonds. The maximum Gasteiger partial charge on any atom is 0.330 e. The van der Waals surface area contributed by atoms with Crippen molar-refractivity contribution in [3.63, 3.8) is 0 Å². The highest BCUT2D eigenvalue weighted by atomic mass is 32.2. The van der Waals surface area contributed by atoms with Crippen LogP contribution >= 0.6 is 0 Å². The summed E-state index contributed by atoms with van der Waals surface area (Å²) < 4.78 is 33.5. The first kappa shape index (κ1) is 14.2. The lowest BCUT2D eigenvalue weighted by molar-refractivity contribution is 0.438. The molecule has 108 valence electrons. The molecule has 0 bridgehead atoms. The van der Waals surface area contributed by atoms with Crippen LogP contribution in [0.1, 0.15) is 45.5 Å². The third kappa shape index (κ3) is 4.15. The predicted molar refractivity (Wildman–Crippen MR) is 69.7 cm³/mol. The highest BCUT2D eigenvalue weighted by Gasteiger charge is 2.25. The van der Waals surface area contributed by atoms with Crippen LogP contribution < -0.4 is 14.8 Å². The smallest absolute Gasteiger partial charge is 0.330 e. The van der Waals surface area contributed by atoms with Crippen molar-refractivity contribution >= 4 is 16.2 Å². The molecule has 2 heterocycles. The van der Waals surface area contributed by atoms with Crippen molar-refractivity contribution in [2.75, 3.05) is 11.3 Å². The lowest BCUT2D eigenvalue weighted by Gasteiger charge is -2.19. The van der Waals surface area contributed by atoms with E-state index in [4.69, 9.17) is 4.42 Å². The highest BCUT2D eigenvalue weighted by molar-refractivity contribution is 7.90. The molecular weight excluding hydrogens is 270 g/mol. The van der Waals surface area contributed by atoms with Crippen molar-refractivity contribution in [3.8, 4) is 0 Å². The summed E-state index contributed by atoms with van der Waals surface area (Å²) in [5.74, 6) is 0.408. The fraction of sp³-hybridized carbons (Fsp3) is 0.800. The van der Waals surface area contributed by atoms with Gasteiger partial charge in [-0.1, -0.05) is 5.10 Å². The van der Waals surface area contributed by atoms with Crippen LogP contribution in [0.2, 0.25) is 0 Å². The van der Waals surface area contributed by atoms with E-state index in [1.54, 1.807) is 20.8 Å². The van der Waals surface area contributed by atoms with Crippen LogP contribution in [0.4, 0.5) is 6.01 Å². The van der Waals surface area contributed by atoms with Gasteiger partial charge in [0.05, 0.1) is 6.04 Å². The topological polar surface area (TPSA) is 109 Å². The summed E-state index contributed by atoms with van der Waals surface area (Å²) >= 11 is 0. The molecule has 0 saturated carbocycles. The van der Waals surface area contributed by atoms with E-state index < -0.39 is 15.7 Å². The Morgan fingerprint density at radius 1 is 1.37 bits per heavy atom. The summed E-state index contributed by atoms with van der Waals surface area (Å²) in [6.45, 7) is 6.13. The van der Waals surface area contributed by atoms with Crippen LogP contribution in [0.25, 0.3) is 0 Å². The van der Waals surface area contributed by atoms with Gasteiger partial charge in [-0.3, -0.25) is 0 Å². The lowest BCUT2D eigenvalue weighted by Crippen LogP contribution is -2.43. The number of hydrogen-bond acceptors (Lipinski definition) is 6. The number of aromatic nitrogens is 2. The normalized spacial score (nSPS) is 20.7. The summed E-state index contributed by atoms with van der Waals surface area (Å²) in [5, 5.41) is 10.7. The van der Waals surface area contributed by atoms with Gasteiger partial charge < -0.3 is 9.73 Å². The van der Waals surface area contributed by atoms with Gasteiger partial charge in [0.25, 0.3) is 0 Å². The minimum Gasteiger partial charge on any atom is -0.406 e. The average Bonchev–Trinajstić information content (AvgIpc) is 2.80. The second-order valence-corrected chi connectivity index (χ2v) is 6.97. The summed E-state index contributed by atoms with van der Waals surface area (Å²) in [4.78, 5) is 0. The molecule has 0 spiro atoms. The minimum atomic E-state index is -3.72. The highest BCUT2D eigenvalue weighted by Crippen LogP contribution is 2.23. The molecular formula is C10H19N5O3S. The molecule has 1 aliphatic rings. The lowest BCUT2D eigenvalue weighted by atomic mass is 10.1. The first-order valence-corrected chi connectivity index (χ1v) is 7.62. The Bertz CT molecular complexity index is 528. The van der Waals surface area contributed by atoms with Gasteiger partial charge in [-0.05, 0) is 40.2 Å². The number of rotatable bonds is 4. The Balaban J connectivity index is 2.03. The Morgan fingerprint density at radius 2 is 2.11 bits per heavy atom. The molecule has 1 atom stereocenters. The monoisotopic (exact) mass is 289 g/mol. The van der Waals surface area contributed by atoms with Crippen LogP contribution in [-0.2, 0) is 10.2 Å². The van der Waals surface area contributed by atoms with E-state index in [2.05, 4.69) is 25.0 Å². The second-order valence-electron chi connectivity index (χ2n) is 5.55. The Kier molecular flexibility index (Phi) is 3.79. The standard InChI is InChI=1S/C10H19N5O3S/c1-10(2,3)15-19(16,17)14-9-13-12-8(18-9)7-5-4-6-11-7/h7,11,15H,4-6H2,1-3H3,(H,13,14). The summed E-state index contributed by atoms with van der Waals surface area (Å²) in [6, 6.07) is -0.109. The maximum atomic E-state index is 11.8. The van der Waals surface area contributed by atoms with Crippen molar-refractivity contribution in [3.05, 3.63) is 5.89 Å². The van der Waals surface area contributed by atoms with Gasteiger partial charge in [0.2, 0.25) is 5.89 Å². The third-order valence-corrected chi connectivity index (χ3v) is 3.79. The minimum absolute atomic E-state index is 0.0151. The van der Waals surface area contributed by atoms with Gasteiger partial charge in [0, 0.05) is 5.54 Å². The van der Waals surface area contributed by atoms with Crippen molar-refractivity contribution in [1.82, 2.24) is 20.2 Å². The quantitative estimate of drug-likeness (QED) is 0.746. The van der Waals surface area contributed by atoms with E-state index >= 15 is 0 Å². The molecule has 9 heteroatoms. The van der Waals surface area contributed by atoms with Crippen LogP contribution in [0, 0.1) is 0 Å². The van der Waals surface area contributed by atoms with Gasteiger partial charge in [0.1, 0.15) is 0 Å². The molecule has 1 unspecified atom stereocenters. The molecule has 1 aliphatic heterocycles. The average molecular weight is 289 g/mol. The molecule has 3 N–H and O–H groups in total. The van der Waals surface area contributed by atoms with E-state index in [-0.39, 0.29) is 12.1 Å². The van der Waals surface area contributed by atoms with Crippen LogP contribution in [0.5, 0.6) is 0 Å². The number of nitrogens with zero attached hydrogens (tertiary/aromatic N) is 2.